The fourth-order valence-corrected chi connectivity index (χ4v) is 3.87. The summed E-state index contributed by atoms with van der Waals surface area (Å²) in [6, 6.07) is 7.24. The molecule has 2 aromatic rings. The van der Waals surface area contributed by atoms with Crippen LogP contribution in [0.1, 0.15) is 17.9 Å². The van der Waals surface area contributed by atoms with Crippen LogP contribution in [-0.2, 0) is 0 Å². The second-order valence-electron chi connectivity index (χ2n) is 7.26. The van der Waals surface area contributed by atoms with E-state index >= 15 is 0 Å². The number of halogens is 5. The number of carbonyl (C=O) groups excluding carboxylic acids is 1. The second-order valence-corrected chi connectivity index (χ2v) is 7.70. The first-order valence-corrected chi connectivity index (χ1v) is 10.0. The maximum atomic E-state index is 14.7. The first-order valence-electron chi connectivity index (χ1n) is 9.63. The average Bonchev–Trinajstić information content (AvgIpc) is 2.70. The van der Waals surface area contributed by atoms with Crippen molar-refractivity contribution in [2.45, 2.75) is 24.8 Å². The number of hydrogen-bond donors (Lipinski definition) is 2. The van der Waals surface area contributed by atoms with E-state index in [1.165, 1.54) is 12.0 Å². The van der Waals surface area contributed by atoms with Crippen LogP contribution < -0.4 is 15.4 Å². The maximum absolute atomic E-state index is 14.7. The molecule has 2 amide bonds. The average molecular weight is 460 g/mol. The summed E-state index contributed by atoms with van der Waals surface area (Å²) in [5.74, 6) is -2.57. The molecule has 2 atom stereocenters. The lowest BCUT2D eigenvalue weighted by molar-refractivity contribution is 0.0668. The molecule has 1 fully saturated rings. The molecule has 2 aromatic carbocycles. The number of ether oxygens (including phenoxy) is 1. The van der Waals surface area contributed by atoms with Crippen molar-refractivity contribution >= 4 is 23.3 Å². The van der Waals surface area contributed by atoms with Crippen molar-refractivity contribution in [3.8, 4) is 5.75 Å². The van der Waals surface area contributed by atoms with Crippen molar-refractivity contribution in [3.05, 3.63) is 58.6 Å². The van der Waals surface area contributed by atoms with Crippen molar-refractivity contribution in [3.63, 3.8) is 0 Å². The van der Waals surface area contributed by atoms with Gasteiger partial charge in [0, 0.05) is 53.5 Å². The number of urea groups is 1. The SMILES string of the molecule is COc1cc(F)c(C2CN(CC(F)F)CCC2NC(=O)Nc2ccc(Cl)cc2)c(F)c1. The smallest absolute Gasteiger partial charge is 0.319 e. The number of rotatable bonds is 6. The minimum atomic E-state index is -2.58. The normalized spacial score (nSPS) is 19.3. The summed E-state index contributed by atoms with van der Waals surface area (Å²) in [5, 5.41) is 5.86. The van der Waals surface area contributed by atoms with Gasteiger partial charge in [-0.2, -0.15) is 0 Å². The number of benzene rings is 2. The van der Waals surface area contributed by atoms with Gasteiger partial charge in [0.2, 0.25) is 0 Å². The number of hydrogen-bond acceptors (Lipinski definition) is 3. The van der Waals surface area contributed by atoms with E-state index in [1.54, 1.807) is 24.3 Å². The topological polar surface area (TPSA) is 53.6 Å². The number of carbonyl (C=O) groups is 1. The first kappa shape index (κ1) is 23.1. The van der Waals surface area contributed by atoms with Crippen molar-refractivity contribution in [2.75, 3.05) is 32.1 Å². The quantitative estimate of drug-likeness (QED) is 0.606. The zero-order valence-electron chi connectivity index (χ0n) is 16.7. The fourth-order valence-electron chi connectivity index (χ4n) is 3.75. The molecule has 0 bridgehead atoms. The summed E-state index contributed by atoms with van der Waals surface area (Å²) in [6.07, 6.45) is -2.33. The number of likely N-dealkylation sites (tertiary alicyclic amines) is 1. The predicted molar refractivity (Wildman–Crippen MR) is 110 cm³/mol. The summed E-state index contributed by atoms with van der Waals surface area (Å²) in [5.41, 5.74) is 0.215. The molecule has 2 N–H and O–H groups in total. The molecule has 0 aromatic heterocycles. The molecule has 2 unspecified atom stereocenters. The minimum absolute atomic E-state index is 0.00369. The Morgan fingerprint density at radius 1 is 1.23 bits per heavy atom. The van der Waals surface area contributed by atoms with Gasteiger partial charge in [0.15, 0.2) is 0 Å². The Kier molecular flexibility index (Phi) is 7.61. The van der Waals surface area contributed by atoms with Crippen LogP contribution >= 0.6 is 11.6 Å². The number of nitrogens with zero attached hydrogens (tertiary/aromatic N) is 1. The van der Waals surface area contributed by atoms with Gasteiger partial charge in [-0.1, -0.05) is 11.6 Å². The predicted octanol–water partition coefficient (Wildman–Crippen LogP) is 4.87. The molecule has 0 saturated carbocycles. The van der Waals surface area contributed by atoms with E-state index in [1.807, 2.05) is 0 Å². The number of alkyl halides is 2. The van der Waals surface area contributed by atoms with Gasteiger partial charge in [-0.25, -0.2) is 22.4 Å². The highest BCUT2D eigenvalue weighted by atomic mass is 35.5. The molecule has 31 heavy (non-hydrogen) atoms. The zero-order valence-corrected chi connectivity index (χ0v) is 17.4. The van der Waals surface area contributed by atoms with Crippen molar-refractivity contribution in [2.24, 2.45) is 0 Å². The van der Waals surface area contributed by atoms with Gasteiger partial charge < -0.3 is 15.4 Å². The highest BCUT2D eigenvalue weighted by Gasteiger charge is 2.36. The Morgan fingerprint density at radius 3 is 2.45 bits per heavy atom. The van der Waals surface area contributed by atoms with Crippen LogP contribution in [0.5, 0.6) is 5.75 Å². The van der Waals surface area contributed by atoms with Crippen LogP contribution in [0.3, 0.4) is 0 Å². The van der Waals surface area contributed by atoms with Crippen LogP contribution in [0, 0.1) is 11.6 Å². The summed E-state index contributed by atoms with van der Waals surface area (Å²) in [7, 11) is 1.28. The summed E-state index contributed by atoms with van der Waals surface area (Å²) in [6.45, 7) is -0.290. The van der Waals surface area contributed by atoms with Gasteiger partial charge >= 0.3 is 6.03 Å². The first-order chi connectivity index (χ1) is 14.8. The molecule has 0 radical (unpaired) electrons. The molecule has 1 aliphatic heterocycles. The number of anilines is 1. The van der Waals surface area contributed by atoms with E-state index in [9.17, 15) is 22.4 Å². The van der Waals surface area contributed by atoms with E-state index in [4.69, 9.17) is 16.3 Å². The Hall–Kier alpha value is -2.52. The molecular formula is C21H22ClF4N3O2. The van der Waals surface area contributed by atoms with Gasteiger partial charge in [0.1, 0.15) is 17.4 Å². The van der Waals surface area contributed by atoms with Gasteiger partial charge in [-0.15, -0.1) is 0 Å². The number of amides is 2. The van der Waals surface area contributed by atoms with Gasteiger partial charge in [0.25, 0.3) is 6.43 Å². The van der Waals surface area contributed by atoms with Gasteiger partial charge in [-0.3, -0.25) is 4.90 Å². The Labute approximate surface area is 182 Å². The maximum Gasteiger partial charge on any atom is 0.319 e. The molecule has 168 valence electrons. The Bertz CT molecular complexity index is 891. The Balaban J connectivity index is 1.82. The Morgan fingerprint density at radius 2 is 1.87 bits per heavy atom. The zero-order chi connectivity index (χ0) is 22.5. The third-order valence-electron chi connectivity index (χ3n) is 5.17. The van der Waals surface area contributed by atoms with E-state index in [-0.39, 0.29) is 30.8 Å². The summed E-state index contributed by atoms with van der Waals surface area (Å²) in [4.78, 5) is 13.9. The van der Waals surface area contributed by atoms with E-state index in [2.05, 4.69) is 10.6 Å². The van der Waals surface area contributed by atoms with E-state index < -0.39 is 42.6 Å². The lowest BCUT2D eigenvalue weighted by atomic mass is 9.85. The van der Waals surface area contributed by atoms with Crippen molar-refractivity contribution in [1.29, 1.82) is 0 Å². The second kappa shape index (κ2) is 10.2. The monoisotopic (exact) mass is 459 g/mol. The minimum Gasteiger partial charge on any atom is -0.497 e. The standard InChI is InChI=1S/C21H22ClF4N3O2/c1-31-14-8-16(23)20(17(24)9-14)15-10-29(11-19(25)26)7-6-18(15)28-21(30)27-13-4-2-12(22)3-5-13/h2-5,8-9,15,18-19H,6-7,10-11H2,1H3,(H2,27,28,30). The molecular weight excluding hydrogens is 438 g/mol. The molecule has 1 saturated heterocycles. The highest BCUT2D eigenvalue weighted by Crippen LogP contribution is 2.33. The van der Waals surface area contributed by atoms with Crippen LogP contribution in [0.15, 0.2) is 36.4 Å². The molecule has 1 heterocycles. The van der Waals surface area contributed by atoms with Crippen molar-refractivity contribution in [1.82, 2.24) is 10.2 Å². The molecule has 5 nitrogen and oxygen atoms in total. The van der Waals surface area contributed by atoms with Crippen LogP contribution in [0.2, 0.25) is 5.02 Å². The van der Waals surface area contributed by atoms with Gasteiger partial charge in [-0.05, 0) is 30.7 Å². The lowest BCUT2D eigenvalue weighted by Gasteiger charge is -2.39. The fraction of sp³-hybridized carbons (Fsp3) is 0.381. The molecule has 1 aliphatic rings. The number of methoxy groups -OCH3 is 1. The number of nitrogens with one attached hydrogen (secondary N) is 2. The molecule has 10 heteroatoms. The van der Waals surface area contributed by atoms with Crippen LogP contribution in [0.4, 0.5) is 28.0 Å². The van der Waals surface area contributed by atoms with Crippen LogP contribution in [-0.4, -0.2) is 50.1 Å². The molecule has 0 spiro atoms. The molecule has 3 rings (SSSR count). The third kappa shape index (κ3) is 6.01. The number of piperidine rings is 1. The van der Waals surface area contributed by atoms with Crippen molar-refractivity contribution < 1.29 is 27.1 Å². The summed E-state index contributed by atoms with van der Waals surface area (Å²) >= 11 is 5.83. The largest absolute Gasteiger partial charge is 0.497 e. The molecule has 0 aliphatic carbocycles. The van der Waals surface area contributed by atoms with Gasteiger partial charge in [0.05, 0.1) is 13.7 Å². The van der Waals surface area contributed by atoms with Crippen LogP contribution in [0.25, 0.3) is 0 Å². The highest BCUT2D eigenvalue weighted by molar-refractivity contribution is 6.30. The summed E-state index contributed by atoms with van der Waals surface area (Å²) < 4.78 is 60.1. The lowest BCUT2D eigenvalue weighted by Crippen LogP contribution is -2.51. The van der Waals surface area contributed by atoms with E-state index in [0.29, 0.717) is 10.7 Å². The van der Waals surface area contributed by atoms with E-state index in [0.717, 1.165) is 12.1 Å². The third-order valence-corrected chi connectivity index (χ3v) is 5.42.